The summed E-state index contributed by atoms with van der Waals surface area (Å²) in [4.78, 5) is 25.0. The molecule has 1 aliphatic carbocycles. The van der Waals surface area contributed by atoms with Gasteiger partial charge in [-0.3, -0.25) is 4.79 Å². The Labute approximate surface area is 123 Å². The van der Waals surface area contributed by atoms with Crippen molar-refractivity contribution in [2.24, 2.45) is 17.6 Å². The molecule has 3 unspecified atom stereocenters. The molecule has 3 atom stereocenters. The van der Waals surface area contributed by atoms with Crippen LogP contribution in [0.3, 0.4) is 0 Å². The van der Waals surface area contributed by atoms with Crippen molar-refractivity contribution in [3.8, 4) is 0 Å². The summed E-state index contributed by atoms with van der Waals surface area (Å²) in [5.41, 5.74) is 7.48. The summed E-state index contributed by atoms with van der Waals surface area (Å²) in [7, 11) is 0. The van der Waals surface area contributed by atoms with Crippen LogP contribution >= 0.6 is 0 Å². The first-order valence-electron chi connectivity index (χ1n) is 7.39. The van der Waals surface area contributed by atoms with Gasteiger partial charge in [-0.05, 0) is 55.4 Å². The summed E-state index contributed by atoms with van der Waals surface area (Å²) in [5, 5.41) is 9.59. The number of amides is 1. The van der Waals surface area contributed by atoms with E-state index in [1.807, 2.05) is 24.0 Å². The molecule has 5 heteroatoms. The van der Waals surface area contributed by atoms with Gasteiger partial charge < -0.3 is 15.7 Å². The molecular formula is C16H20N2O3. The lowest BCUT2D eigenvalue weighted by atomic mass is 9.94. The minimum Gasteiger partial charge on any atom is -0.480 e. The second-order valence-corrected chi connectivity index (χ2v) is 6.15. The Morgan fingerprint density at radius 3 is 2.71 bits per heavy atom. The Bertz CT molecular complexity index is 599. The Kier molecular flexibility index (Phi) is 3.35. The average molecular weight is 288 g/mol. The van der Waals surface area contributed by atoms with Crippen molar-refractivity contribution in [3.63, 3.8) is 0 Å². The number of nitrogens with two attached hydrogens (primary N) is 1. The van der Waals surface area contributed by atoms with Crippen LogP contribution in [0, 0.1) is 18.8 Å². The number of anilines is 1. The van der Waals surface area contributed by atoms with E-state index in [0.29, 0.717) is 11.5 Å². The molecular weight excluding hydrogens is 268 g/mol. The molecule has 1 aliphatic heterocycles. The van der Waals surface area contributed by atoms with Crippen LogP contribution < -0.4 is 10.6 Å². The Morgan fingerprint density at radius 1 is 1.33 bits per heavy atom. The minimum atomic E-state index is -0.749. The molecule has 0 radical (unpaired) electrons. The lowest BCUT2D eigenvalue weighted by molar-refractivity contribution is -0.139. The molecule has 1 aromatic carbocycles. The predicted molar refractivity (Wildman–Crippen MR) is 79.3 cm³/mol. The van der Waals surface area contributed by atoms with E-state index in [1.165, 1.54) is 0 Å². The molecule has 0 aromatic heterocycles. The number of primary amides is 1. The zero-order chi connectivity index (χ0) is 15.1. The average Bonchev–Trinajstić information content (AvgIpc) is 2.96. The fraction of sp³-hybridized carbons (Fsp3) is 0.500. The van der Waals surface area contributed by atoms with Crippen LogP contribution in [0.5, 0.6) is 0 Å². The van der Waals surface area contributed by atoms with Crippen LogP contribution in [0.2, 0.25) is 0 Å². The van der Waals surface area contributed by atoms with Gasteiger partial charge in [-0.25, -0.2) is 4.79 Å². The molecule has 3 rings (SSSR count). The number of carbonyl (C=O) groups excluding carboxylic acids is 1. The molecule has 1 amide bonds. The van der Waals surface area contributed by atoms with Crippen LogP contribution in [-0.2, 0) is 4.79 Å². The number of fused-ring (bicyclic) bond motifs is 1. The standard InChI is InChI=1S/C16H20N2O3/c1-9-7-11(5-6-12(9)15(17)19)18-8-10-3-2-4-13(10)14(18)16(20)21/h5-7,10,13-14H,2-4,8H2,1H3,(H2,17,19)(H,20,21). The number of rotatable bonds is 3. The lowest BCUT2D eigenvalue weighted by Gasteiger charge is -2.27. The Morgan fingerprint density at radius 2 is 2.10 bits per heavy atom. The van der Waals surface area contributed by atoms with Gasteiger partial charge in [0.2, 0.25) is 5.91 Å². The summed E-state index contributed by atoms with van der Waals surface area (Å²) in [6, 6.07) is 4.93. The van der Waals surface area contributed by atoms with Gasteiger partial charge in [0.05, 0.1) is 0 Å². The van der Waals surface area contributed by atoms with Gasteiger partial charge in [-0.15, -0.1) is 0 Å². The smallest absolute Gasteiger partial charge is 0.326 e. The molecule has 0 bridgehead atoms. The molecule has 1 aromatic rings. The number of carboxylic acids is 1. The zero-order valence-corrected chi connectivity index (χ0v) is 12.1. The van der Waals surface area contributed by atoms with E-state index in [0.717, 1.165) is 37.1 Å². The molecule has 5 nitrogen and oxygen atoms in total. The number of hydrogen-bond donors (Lipinski definition) is 2. The minimum absolute atomic E-state index is 0.249. The number of carboxylic acid groups (broad SMARTS) is 1. The maximum absolute atomic E-state index is 11.7. The molecule has 1 saturated carbocycles. The van der Waals surface area contributed by atoms with E-state index in [-0.39, 0.29) is 5.92 Å². The third-order valence-electron chi connectivity index (χ3n) is 4.95. The lowest BCUT2D eigenvalue weighted by Crippen LogP contribution is -2.39. The van der Waals surface area contributed by atoms with E-state index in [4.69, 9.17) is 5.73 Å². The van der Waals surface area contributed by atoms with Crippen molar-refractivity contribution in [3.05, 3.63) is 29.3 Å². The maximum atomic E-state index is 11.7. The van der Waals surface area contributed by atoms with Crippen LogP contribution in [0.1, 0.15) is 35.2 Å². The number of aliphatic carboxylic acids is 1. The highest BCUT2D eigenvalue weighted by Gasteiger charge is 2.47. The quantitative estimate of drug-likeness (QED) is 0.888. The molecule has 0 spiro atoms. The molecule has 2 aliphatic rings. The number of carbonyl (C=O) groups is 2. The molecule has 2 fully saturated rings. The predicted octanol–water partition coefficient (Wildman–Crippen LogP) is 1.78. The van der Waals surface area contributed by atoms with Gasteiger partial charge in [-0.2, -0.15) is 0 Å². The first-order valence-corrected chi connectivity index (χ1v) is 7.39. The van der Waals surface area contributed by atoms with Gasteiger partial charge in [0.1, 0.15) is 6.04 Å². The zero-order valence-electron chi connectivity index (χ0n) is 12.1. The van der Waals surface area contributed by atoms with E-state index in [2.05, 4.69) is 0 Å². The normalized spacial score (nSPS) is 27.7. The second kappa shape index (κ2) is 5.06. The van der Waals surface area contributed by atoms with E-state index < -0.39 is 17.9 Å². The number of hydrogen-bond acceptors (Lipinski definition) is 3. The van der Waals surface area contributed by atoms with Gasteiger partial charge in [-0.1, -0.05) is 6.42 Å². The van der Waals surface area contributed by atoms with Crippen molar-refractivity contribution in [2.45, 2.75) is 32.2 Å². The fourth-order valence-corrected chi connectivity index (χ4v) is 3.99. The van der Waals surface area contributed by atoms with Crippen LogP contribution in [0.25, 0.3) is 0 Å². The summed E-state index contributed by atoms with van der Waals surface area (Å²) >= 11 is 0. The van der Waals surface area contributed by atoms with E-state index >= 15 is 0 Å². The highest BCUT2D eigenvalue weighted by Crippen LogP contribution is 2.44. The van der Waals surface area contributed by atoms with E-state index in [9.17, 15) is 14.7 Å². The summed E-state index contributed by atoms with van der Waals surface area (Å²) in [6.07, 6.45) is 3.24. The topological polar surface area (TPSA) is 83.6 Å². The van der Waals surface area contributed by atoms with Crippen molar-refractivity contribution in [2.75, 3.05) is 11.4 Å². The largest absolute Gasteiger partial charge is 0.480 e. The third-order valence-corrected chi connectivity index (χ3v) is 4.95. The molecule has 3 N–H and O–H groups in total. The monoisotopic (exact) mass is 288 g/mol. The molecule has 1 heterocycles. The van der Waals surface area contributed by atoms with Gasteiger partial charge >= 0.3 is 5.97 Å². The fourth-order valence-electron chi connectivity index (χ4n) is 3.99. The van der Waals surface area contributed by atoms with Crippen LogP contribution in [0.15, 0.2) is 18.2 Å². The van der Waals surface area contributed by atoms with E-state index in [1.54, 1.807) is 6.07 Å². The number of nitrogens with zero attached hydrogens (tertiary/aromatic N) is 1. The first kappa shape index (κ1) is 13.9. The molecule has 21 heavy (non-hydrogen) atoms. The third kappa shape index (κ3) is 2.26. The number of benzene rings is 1. The summed E-state index contributed by atoms with van der Waals surface area (Å²) in [6.45, 7) is 2.62. The second-order valence-electron chi connectivity index (χ2n) is 6.15. The first-order chi connectivity index (χ1) is 9.99. The van der Waals surface area contributed by atoms with Crippen molar-refractivity contribution in [1.82, 2.24) is 0 Å². The SMILES string of the molecule is Cc1cc(N2CC3CCCC3C2C(=O)O)ccc1C(N)=O. The van der Waals surface area contributed by atoms with Crippen LogP contribution in [-0.4, -0.2) is 29.6 Å². The Balaban J connectivity index is 1.94. The summed E-state index contributed by atoms with van der Waals surface area (Å²) < 4.78 is 0. The molecule has 1 saturated heterocycles. The van der Waals surface area contributed by atoms with Gasteiger partial charge in [0.15, 0.2) is 0 Å². The highest BCUT2D eigenvalue weighted by molar-refractivity contribution is 5.94. The molecule has 112 valence electrons. The Hall–Kier alpha value is -2.04. The van der Waals surface area contributed by atoms with Crippen molar-refractivity contribution in [1.29, 1.82) is 0 Å². The highest BCUT2D eigenvalue weighted by atomic mass is 16.4. The van der Waals surface area contributed by atoms with Gasteiger partial charge in [0, 0.05) is 17.8 Å². The van der Waals surface area contributed by atoms with Gasteiger partial charge in [0.25, 0.3) is 0 Å². The van der Waals surface area contributed by atoms with Crippen LogP contribution in [0.4, 0.5) is 5.69 Å². The maximum Gasteiger partial charge on any atom is 0.326 e. The number of aryl methyl sites for hydroxylation is 1. The summed E-state index contributed by atoms with van der Waals surface area (Å²) in [5.74, 6) is -0.478. The van der Waals surface area contributed by atoms with Crippen molar-refractivity contribution < 1.29 is 14.7 Å². The van der Waals surface area contributed by atoms with Crippen molar-refractivity contribution >= 4 is 17.6 Å².